The molecule has 1 aromatic carbocycles. The van der Waals surface area contributed by atoms with Crippen molar-refractivity contribution >= 4 is 40.0 Å². The Morgan fingerprint density at radius 3 is 2.66 bits per heavy atom. The number of carbonyl (C=O) groups is 1. The van der Waals surface area contributed by atoms with E-state index in [0.29, 0.717) is 31.8 Å². The van der Waals surface area contributed by atoms with E-state index in [1.54, 1.807) is 16.8 Å². The van der Waals surface area contributed by atoms with Crippen molar-refractivity contribution in [1.29, 1.82) is 0 Å². The number of aliphatic hydroxyl groups is 2. The summed E-state index contributed by atoms with van der Waals surface area (Å²) in [7, 11) is 1.49. The van der Waals surface area contributed by atoms with Gasteiger partial charge in [-0.2, -0.15) is 0 Å². The van der Waals surface area contributed by atoms with Gasteiger partial charge in [0.05, 0.1) is 52.2 Å². The van der Waals surface area contributed by atoms with Crippen molar-refractivity contribution in [2.45, 2.75) is 64.6 Å². The van der Waals surface area contributed by atoms with Gasteiger partial charge in [-0.05, 0) is 34.1 Å². The Morgan fingerprint density at radius 2 is 2.08 bits per heavy atom. The summed E-state index contributed by atoms with van der Waals surface area (Å²) in [6.45, 7) is 5.30. The number of nitrogens with two attached hydrogens (primary N) is 1. The predicted octanol–water partition coefficient (Wildman–Crippen LogP) is 2.35. The molecule has 0 aliphatic carbocycles. The Hall–Kier alpha value is -2.50. The van der Waals surface area contributed by atoms with E-state index in [1.807, 2.05) is 43.4 Å². The highest BCUT2D eigenvalue weighted by Crippen LogP contribution is 2.44. The zero-order chi connectivity index (χ0) is 27.9. The van der Waals surface area contributed by atoms with Gasteiger partial charge in [-0.15, -0.1) is 0 Å². The molecular formula is C24H32IN5O8. The van der Waals surface area contributed by atoms with Gasteiger partial charge < -0.3 is 39.6 Å². The van der Waals surface area contributed by atoms with Crippen molar-refractivity contribution in [1.82, 2.24) is 9.88 Å². The highest BCUT2D eigenvalue weighted by Gasteiger charge is 2.39. The Kier molecular flexibility index (Phi) is 8.20. The molecule has 0 spiro atoms. The Labute approximate surface area is 232 Å². The number of ether oxygens (including phenoxy) is 3. The van der Waals surface area contributed by atoms with E-state index in [-0.39, 0.29) is 25.3 Å². The summed E-state index contributed by atoms with van der Waals surface area (Å²) in [5.74, 6) is 0.459. The fraction of sp³-hybridized carbons (Fsp3) is 0.542. The van der Waals surface area contributed by atoms with Gasteiger partial charge in [0.15, 0.2) is 6.29 Å². The summed E-state index contributed by atoms with van der Waals surface area (Å²) < 4.78 is 19.8. The summed E-state index contributed by atoms with van der Waals surface area (Å²) in [5, 5.41) is 37.3. The molecule has 2 aromatic rings. The van der Waals surface area contributed by atoms with Crippen LogP contribution in [0.2, 0.25) is 0 Å². The fourth-order valence-corrected chi connectivity index (χ4v) is 5.50. The Balaban J connectivity index is 1.72. The summed E-state index contributed by atoms with van der Waals surface area (Å²) in [4.78, 5) is 24.5. The van der Waals surface area contributed by atoms with E-state index in [1.165, 1.54) is 13.2 Å². The van der Waals surface area contributed by atoms with Crippen molar-refractivity contribution in [2.75, 3.05) is 19.0 Å². The maximum Gasteiger partial charge on any atom is 0.276 e. The number of nitrogens with zero attached hydrogens (tertiary/aromatic N) is 2. The van der Waals surface area contributed by atoms with E-state index in [4.69, 9.17) is 19.9 Å². The molecular weight excluding hydrogens is 613 g/mol. The molecule has 0 bridgehead atoms. The van der Waals surface area contributed by atoms with Gasteiger partial charge in [0.1, 0.15) is 23.9 Å². The molecule has 0 radical (unpaired) electrons. The van der Waals surface area contributed by atoms with Crippen LogP contribution in [-0.4, -0.2) is 57.8 Å². The van der Waals surface area contributed by atoms with Crippen molar-refractivity contribution in [3.8, 4) is 5.75 Å². The van der Waals surface area contributed by atoms with Crippen LogP contribution in [0.15, 0.2) is 18.3 Å². The molecule has 6 N–H and O–H groups in total. The lowest BCUT2D eigenvalue weighted by Gasteiger charge is -2.31. The summed E-state index contributed by atoms with van der Waals surface area (Å²) in [5.41, 5.74) is 6.42. The molecule has 14 heteroatoms. The fourth-order valence-electron chi connectivity index (χ4n) is 4.82. The molecule has 3 heterocycles. The lowest BCUT2D eigenvalue weighted by molar-refractivity contribution is -0.386. The second-order valence-electron chi connectivity index (χ2n) is 10.4. The number of nitrogens with one attached hydrogen (secondary N) is 2. The van der Waals surface area contributed by atoms with Crippen LogP contribution < -0.4 is 21.1 Å². The van der Waals surface area contributed by atoms with Gasteiger partial charge >= 0.3 is 0 Å². The number of aliphatic hydroxyl groups excluding tert-OH is 2. The first-order chi connectivity index (χ1) is 17.8. The molecule has 38 heavy (non-hydrogen) atoms. The van der Waals surface area contributed by atoms with E-state index >= 15 is 0 Å². The van der Waals surface area contributed by atoms with Gasteiger partial charge in [-0.3, -0.25) is 20.6 Å². The Morgan fingerprint density at radius 1 is 1.37 bits per heavy atom. The number of hydrogen-bond acceptors (Lipinski definition) is 10. The molecule has 1 amide bonds. The average Bonchev–Trinajstić information content (AvgIpc) is 3.38. The van der Waals surface area contributed by atoms with Crippen molar-refractivity contribution in [3.05, 3.63) is 48.7 Å². The Bertz CT molecular complexity index is 1230. The number of hydrogen-bond donors (Lipinski definition) is 5. The van der Waals surface area contributed by atoms with E-state index in [2.05, 4.69) is 10.6 Å². The van der Waals surface area contributed by atoms with Gasteiger partial charge in [0.2, 0.25) is 0 Å². The molecule has 1 aromatic heterocycles. The maximum atomic E-state index is 13.0. The van der Waals surface area contributed by atoms with Gasteiger partial charge in [0.25, 0.3) is 11.6 Å². The van der Waals surface area contributed by atoms with E-state index in [9.17, 15) is 25.1 Å². The van der Waals surface area contributed by atoms with Crippen LogP contribution >= 0.6 is 22.6 Å². The van der Waals surface area contributed by atoms with Crippen LogP contribution in [0.5, 0.6) is 5.75 Å². The van der Waals surface area contributed by atoms with Gasteiger partial charge in [-0.1, -0.05) is 20.8 Å². The topological polar surface area (TPSA) is 183 Å². The van der Waals surface area contributed by atoms with Crippen molar-refractivity contribution < 1.29 is 34.1 Å². The second-order valence-corrected chi connectivity index (χ2v) is 11.5. The number of benzene rings is 1. The van der Waals surface area contributed by atoms with Crippen LogP contribution in [0.25, 0.3) is 0 Å². The minimum atomic E-state index is -0.879. The number of rotatable bonds is 8. The van der Waals surface area contributed by atoms with Gasteiger partial charge in [0, 0.05) is 24.2 Å². The molecule has 1 fully saturated rings. The van der Waals surface area contributed by atoms with Crippen LogP contribution in [0.1, 0.15) is 61.0 Å². The number of fused-ring (bicyclic) bond motifs is 1. The van der Waals surface area contributed by atoms with Crippen molar-refractivity contribution in [2.24, 2.45) is 11.1 Å². The molecule has 5 atom stereocenters. The highest BCUT2D eigenvalue weighted by atomic mass is 127. The number of nitro groups is 1. The number of aromatic nitrogens is 1. The van der Waals surface area contributed by atoms with Crippen LogP contribution in [-0.2, 0) is 16.1 Å². The maximum absolute atomic E-state index is 13.0. The molecule has 208 valence electrons. The third kappa shape index (κ3) is 5.46. The molecule has 2 unspecified atom stereocenters. The first-order valence-corrected chi connectivity index (χ1v) is 13.1. The van der Waals surface area contributed by atoms with Crippen LogP contribution in [0.3, 0.4) is 0 Å². The first kappa shape index (κ1) is 28.5. The van der Waals surface area contributed by atoms with Gasteiger partial charge in [-0.25, -0.2) is 0 Å². The smallest absolute Gasteiger partial charge is 0.276 e. The number of methoxy groups -OCH3 is 1. The predicted molar refractivity (Wildman–Crippen MR) is 144 cm³/mol. The number of carbonyl (C=O) groups excluding carboxylic acids is 1. The van der Waals surface area contributed by atoms with E-state index < -0.39 is 47.1 Å². The minimum Gasteiger partial charge on any atom is -0.496 e. The zero-order valence-corrected chi connectivity index (χ0v) is 23.6. The monoisotopic (exact) mass is 645 g/mol. The number of anilines is 1. The minimum absolute atomic E-state index is 0.0637. The zero-order valence-electron chi connectivity index (χ0n) is 21.4. The number of amides is 1. The molecule has 1 saturated heterocycles. The van der Waals surface area contributed by atoms with Crippen LogP contribution in [0.4, 0.5) is 11.5 Å². The highest BCUT2D eigenvalue weighted by molar-refractivity contribution is 14.1. The molecule has 2 aliphatic rings. The number of nitro benzene ring substituents is 1. The molecule has 4 rings (SSSR count). The normalized spacial score (nSPS) is 23.9. The molecule has 13 nitrogen and oxygen atoms in total. The second kappa shape index (κ2) is 10.9. The summed E-state index contributed by atoms with van der Waals surface area (Å²) in [6, 6.07) is 3.07. The largest absolute Gasteiger partial charge is 0.496 e. The van der Waals surface area contributed by atoms with Crippen molar-refractivity contribution in [3.63, 3.8) is 0 Å². The summed E-state index contributed by atoms with van der Waals surface area (Å²) >= 11 is 1.99. The third-order valence-electron chi connectivity index (χ3n) is 6.58. The third-order valence-corrected chi connectivity index (χ3v) is 7.43. The van der Waals surface area contributed by atoms with Crippen LogP contribution in [0, 0.1) is 19.1 Å². The molecule has 0 saturated carbocycles. The summed E-state index contributed by atoms with van der Waals surface area (Å²) in [6.07, 6.45) is -2.00. The average molecular weight is 645 g/mol. The standard InChI is InChI=1S/C24H32IN5O8/c1-24(2,3)20(12-5-16(36-4)13(25)6-14(12)30(34)35)37-10-11-8-29(18-7-15(32)17(9-31)38-18)21-19(11)22(33)28-23(26)27-21/h5-6,8,15,17-18,20,23,27,31-32H,7,9-10,26H2,1-4H3,(H,28,33)/t15?,17-,18-,20-,23?/m1/s1. The SMILES string of the molecule is COc1cc([C@@H](OCc2cn([C@H]3CC(O)[C@@H](CO)O3)c3c2C(=O)NC(N)N3)C(C)(C)C)c([N+](=O)[O-])cc1I. The number of halogens is 1. The van der Waals surface area contributed by atoms with E-state index in [0.717, 1.165) is 0 Å². The first-order valence-electron chi connectivity index (χ1n) is 12.0. The lowest BCUT2D eigenvalue weighted by atomic mass is 9.83. The quantitative estimate of drug-likeness (QED) is 0.162. The lowest BCUT2D eigenvalue weighted by Crippen LogP contribution is -2.51. The molecule has 2 aliphatic heterocycles.